The lowest BCUT2D eigenvalue weighted by Crippen LogP contribution is -2.23. The van der Waals surface area contributed by atoms with Crippen LogP contribution in [-0.4, -0.2) is 15.9 Å². The van der Waals surface area contributed by atoms with Gasteiger partial charge in [-0.25, -0.2) is 9.97 Å². The minimum Gasteiger partial charge on any atom is -0.347 e. The number of thiazole rings is 2. The lowest BCUT2D eigenvalue weighted by Gasteiger charge is -2.08. The van der Waals surface area contributed by atoms with Crippen LogP contribution in [0.25, 0.3) is 10.6 Å². The van der Waals surface area contributed by atoms with Crippen molar-refractivity contribution >= 4 is 28.6 Å². The first-order valence-corrected chi connectivity index (χ1v) is 9.90. The molecule has 0 bridgehead atoms. The molecule has 1 aromatic carbocycles. The molecule has 1 N–H and O–H groups in total. The molecule has 0 spiro atoms. The number of rotatable bonds is 5. The van der Waals surface area contributed by atoms with E-state index < -0.39 is 0 Å². The summed E-state index contributed by atoms with van der Waals surface area (Å²) in [7, 11) is 0. The lowest BCUT2D eigenvalue weighted by molar-refractivity contribution is 0.0953. The molecule has 25 heavy (non-hydrogen) atoms. The summed E-state index contributed by atoms with van der Waals surface area (Å²) in [6, 6.07) is 8.16. The van der Waals surface area contributed by atoms with E-state index in [1.807, 2.05) is 37.4 Å². The first kappa shape index (κ1) is 17.8. The van der Waals surface area contributed by atoms with E-state index in [1.54, 1.807) is 11.3 Å². The zero-order valence-corrected chi connectivity index (χ0v) is 16.4. The molecule has 0 aliphatic heterocycles. The van der Waals surface area contributed by atoms with Crippen molar-refractivity contribution in [3.8, 4) is 10.6 Å². The zero-order valence-electron chi connectivity index (χ0n) is 14.8. The Kier molecular flexibility index (Phi) is 5.30. The summed E-state index contributed by atoms with van der Waals surface area (Å²) < 4.78 is 0. The Hall–Kier alpha value is -2.05. The monoisotopic (exact) mass is 371 g/mol. The van der Waals surface area contributed by atoms with Gasteiger partial charge in [-0.1, -0.05) is 32.0 Å². The van der Waals surface area contributed by atoms with Crippen molar-refractivity contribution in [2.24, 2.45) is 0 Å². The van der Waals surface area contributed by atoms with Crippen molar-refractivity contribution in [3.05, 3.63) is 56.5 Å². The molecular formula is C19H21N3OS2. The van der Waals surface area contributed by atoms with Crippen LogP contribution in [0.2, 0.25) is 0 Å². The van der Waals surface area contributed by atoms with Crippen LogP contribution in [0.1, 0.15) is 51.4 Å². The van der Waals surface area contributed by atoms with Crippen LogP contribution in [0.4, 0.5) is 0 Å². The van der Waals surface area contributed by atoms with Crippen molar-refractivity contribution in [1.82, 2.24) is 15.3 Å². The second-order valence-electron chi connectivity index (χ2n) is 6.28. The molecule has 0 atom stereocenters. The predicted molar refractivity (Wildman–Crippen MR) is 104 cm³/mol. The number of hydrogen-bond donors (Lipinski definition) is 1. The largest absolute Gasteiger partial charge is 0.347 e. The topological polar surface area (TPSA) is 54.9 Å². The van der Waals surface area contributed by atoms with Gasteiger partial charge in [0.25, 0.3) is 5.91 Å². The van der Waals surface area contributed by atoms with Crippen LogP contribution < -0.4 is 5.32 Å². The van der Waals surface area contributed by atoms with Crippen molar-refractivity contribution in [3.63, 3.8) is 0 Å². The first-order valence-electron chi connectivity index (χ1n) is 8.21. The summed E-state index contributed by atoms with van der Waals surface area (Å²) in [5.74, 6) is 0.187. The summed E-state index contributed by atoms with van der Waals surface area (Å²) in [5, 5.41) is 7.00. The number of aryl methyl sites for hydroxylation is 2. The van der Waals surface area contributed by atoms with E-state index in [4.69, 9.17) is 0 Å². The van der Waals surface area contributed by atoms with E-state index >= 15 is 0 Å². The van der Waals surface area contributed by atoms with Crippen LogP contribution in [0.5, 0.6) is 0 Å². The van der Waals surface area contributed by atoms with Gasteiger partial charge in [-0.2, -0.15) is 0 Å². The van der Waals surface area contributed by atoms with Gasteiger partial charge in [0.1, 0.15) is 9.88 Å². The van der Waals surface area contributed by atoms with E-state index in [-0.39, 0.29) is 11.8 Å². The Morgan fingerprint density at radius 2 is 2.04 bits per heavy atom. The van der Waals surface area contributed by atoms with Crippen molar-refractivity contribution < 1.29 is 4.79 Å². The van der Waals surface area contributed by atoms with Gasteiger partial charge in [0.2, 0.25) is 0 Å². The molecule has 0 saturated heterocycles. The fourth-order valence-corrected chi connectivity index (χ4v) is 4.35. The van der Waals surface area contributed by atoms with Crippen molar-refractivity contribution in [1.29, 1.82) is 0 Å². The Morgan fingerprint density at radius 3 is 2.72 bits per heavy atom. The van der Waals surface area contributed by atoms with Gasteiger partial charge in [-0.3, -0.25) is 4.79 Å². The molecule has 1 amide bonds. The number of carbonyl (C=O) groups is 1. The van der Waals surface area contributed by atoms with E-state index in [0.29, 0.717) is 6.54 Å². The Balaban J connectivity index is 1.73. The number of carbonyl (C=O) groups excluding carboxylic acids is 1. The van der Waals surface area contributed by atoms with Gasteiger partial charge in [0.05, 0.1) is 10.7 Å². The molecule has 2 aromatic heterocycles. The fraction of sp³-hybridized carbons (Fsp3) is 0.316. The number of nitrogens with one attached hydrogen (secondary N) is 1. The van der Waals surface area contributed by atoms with Crippen LogP contribution in [0, 0.1) is 13.8 Å². The number of amides is 1. The van der Waals surface area contributed by atoms with Crippen LogP contribution in [0.15, 0.2) is 29.6 Å². The molecular weight excluding hydrogens is 350 g/mol. The number of hydrogen-bond acceptors (Lipinski definition) is 5. The van der Waals surface area contributed by atoms with Gasteiger partial charge >= 0.3 is 0 Å². The normalized spacial score (nSPS) is 11.1. The molecule has 4 nitrogen and oxygen atoms in total. The maximum atomic E-state index is 12.6. The summed E-state index contributed by atoms with van der Waals surface area (Å²) in [4.78, 5) is 22.3. The lowest BCUT2D eigenvalue weighted by atomic mass is 10.1. The Labute approximate surface area is 156 Å². The molecule has 0 aliphatic rings. The Morgan fingerprint density at radius 1 is 1.24 bits per heavy atom. The van der Waals surface area contributed by atoms with Crippen molar-refractivity contribution in [2.45, 2.75) is 40.2 Å². The van der Waals surface area contributed by atoms with E-state index in [9.17, 15) is 4.79 Å². The Bertz CT molecular complexity index is 896. The molecule has 6 heteroatoms. The molecule has 0 fully saturated rings. The number of nitrogens with zero attached hydrogens (tertiary/aromatic N) is 2. The second kappa shape index (κ2) is 7.45. The SMILES string of the molecule is Cc1csc(-c2cccc(CNC(=O)c3sc(C)nc3C(C)C)c2)n1. The third-order valence-electron chi connectivity index (χ3n) is 3.76. The molecule has 0 unspecified atom stereocenters. The number of benzene rings is 1. The average molecular weight is 372 g/mol. The van der Waals surface area contributed by atoms with E-state index in [1.165, 1.54) is 11.3 Å². The molecule has 3 aromatic rings. The van der Waals surface area contributed by atoms with Gasteiger partial charge in [-0.05, 0) is 31.4 Å². The molecule has 0 aliphatic carbocycles. The molecule has 3 rings (SSSR count). The minimum absolute atomic E-state index is 0.0511. The van der Waals surface area contributed by atoms with Crippen molar-refractivity contribution in [2.75, 3.05) is 0 Å². The predicted octanol–water partition coefficient (Wildman–Crippen LogP) is 4.94. The van der Waals surface area contributed by atoms with Gasteiger partial charge in [0.15, 0.2) is 0 Å². The molecule has 0 radical (unpaired) electrons. The van der Waals surface area contributed by atoms with Crippen LogP contribution in [-0.2, 0) is 6.54 Å². The minimum atomic E-state index is -0.0511. The maximum Gasteiger partial charge on any atom is 0.263 e. The van der Waals surface area contributed by atoms with Gasteiger partial charge < -0.3 is 5.32 Å². The maximum absolute atomic E-state index is 12.6. The smallest absolute Gasteiger partial charge is 0.263 e. The fourth-order valence-electron chi connectivity index (χ4n) is 2.56. The second-order valence-corrected chi connectivity index (χ2v) is 8.34. The summed E-state index contributed by atoms with van der Waals surface area (Å²) in [6.45, 7) is 8.54. The van der Waals surface area contributed by atoms with Crippen LogP contribution >= 0.6 is 22.7 Å². The standard InChI is InChI=1S/C19H21N3OS2/c1-11(2)16-17(25-13(4)22-16)18(23)20-9-14-6-5-7-15(8-14)19-21-12(3)10-24-19/h5-8,10-11H,9H2,1-4H3,(H,20,23). The average Bonchev–Trinajstić information content (AvgIpc) is 3.19. The highest BCUT2D eigenvalue weighted by Gasteiger charge is 2.18. The quantitative estimate of drug-likeness (QED) is 0.691. The zero-order chi connectivity index (χ0) is 18.0. The molecule has 2 heterocycles. The third kappa shape index (κ3) is 4.14. The van der Waals surface area contributed by atoms with E-state index in [2.05, 4.69) is 35.2 Å². The highest BCUT2D eigenvalue weighted by Crippen LogP contribution is 2.26. The first-order chi connectivity index (χ1) is 11.9. The van der Waals surface area contributed by atoms with E-state index in [0.717, 1.165) is 37.4 Å². The highest BCUT2D eigenvalue weighted by atomic mass is 32.1. The molecule has 130 valence electrons. The number of aromatic nitrogens is 2. The summed E-state index contributed by atoms with van der Waals surface area (Å²) in [5.41, 5.74) is 4.06. The van der Waals surface area contributed by atoms with Gasteiger partial charge in [-0.15, -0.1) is 22.7 Å². The highest BCUT2D eigenvalue weighted by molar-refractivity contribution is 7.13. The summed E-state index contributed by atoms with van der Waals surface area (Å²) in [6.07, 6.45) is 0. The van der Waals surface area contributed by atoms with Crippen LogP contribution in [0.3, 0.4) is 0 Å². The third-order valence-corrected chi connectivity index (χ3v) is 5.75. The molecule has 0 saturated carbocycles. The van der Waals surface area contributed by atoms with Gasteiger partial charge in [0, 0.05) is 23.2 Å². The summed E-state index contributed by atoms with van der Waals surface area (Å²) >= 11 is 3.09.